The fourth-order valence-corrected chi connectivity index (χ4v) is 1.93. The maximum Gasteiger partial charge on any atom is 0.209 e. The van der Waals surface area contributed by atoms with Crippen molar-refractivity contribution < 1.29 is 4.42 Å². The topological polar surface area (TPSA) is 38.9 Å². The smallest absolute Gasteiger partial charge is 0.209 e. The first-order valence-electron chi connectivity index (χ1n) is 3.30. The van der Waals surface area contributed by atoms with Crippen LogP contribution in [0.3, 0.4) is 0 Å². The first-order valence-corrected chi connectivity index (χ1v) is 4.87. The van der Waals surface area contributed by atoms with E-state index in [9.17, 15) is 0 Å². The van der Waals surface area contributed by atoms with E-state index in [1.54, 1.807) is 6.26 Å². The molecule has 2 aromatic heterocycles. The fraction of sp³-hybridized carbons (Fsp3) is 0.143. The molecule has 0 unspecified atom stereocenters. The minimum absolute atomic E-state index is 0.626. The van der Waals surface area contributed by atoms with Crippen molar-refractivity contribution in [2.24, 2.45) is 0 Å². The van der Waals surface area contributed by atoms with E-state index >= 15 is 0 Å². The minimum atomic E-state index is 0.626. The Hall–Kier alpha value is -0.680. The molecule has 2 heterocycles. The lowest BCUT2D eigenvalue weighted by atomic mass is 10.3. The zero-order valence-corrected chi connectivity index (χ0v) is 8.65. The average molecular weight is 245 g/mol. The van der Waals surface area contributed by atoms with Crippen molar-refractivity contribution in [3.63, 3.8) is 0 Å². The van der Waals surface area contributed by atoms with E-state index in [-0.39, 0.29) is 0 Å². The molecule has 0 aliphatic heterocycles. The number of halogens is 1. The summed E-state index contributed by atoms with van der Waals surface area (Å²) < 4.78 is 9.79. The van der Waals surface area contributed by atoms with E-state index < -0.39 is 0 Å². The Morgan fingerprint density at radius 3 is 2.92 bits per heavy atom. The van der Waals surface area contributed by atoms with Crippen molar-refractivity contribution >= 4 is 27.5 Å². The number of rotatable bonds is 1. The molecule has 2 aromatic rings. The maximum absolute atomic E-state index is 5.15. The molecule has 0 saturated heterocycles. The van der Waals surface area contributed by atoms with Gasteiger partial charge >= 0.3 is 0 Å². The van der Waals surface area contributed by atoms with E-state index in [2.05, 4.69) is 25.3 Å². The second-order valence-electron chi connectivity index (χ2n) is 2.31. The Kier molecular flexibility index (Phi) is 1.98. The van der Waals surface area contributed by atoms with Crippen molar-refractivity contribution in [3.8, 4) is 10.6 Å². The van der Waals surface area contributed by atoms with Crippen LogP contribution in [-0.2, 0) is 0 Å². The summed E-state index contributed by atoms with van der Waals surface area (Å²) in [6.45, 7) is 1.90. The number of hydrogen-bond donors (Lipinski definition) is 0. The minimum Gasteiger partial charge on any atom is -0.469 e. The molecule has 12 heavy (non-hydrogen) atoms. The number of aryl methyl sites for hydroxylation is 1. The van der Waals surface area contributed by atoms with Crippen LogP contribution in [-0.4, -0.2) is 9.36 Å². The molecule has 62 valence electrons. The molecule has 2 rings (SSSR count). The second kappa shape index (κ2) is 2.99. The van der Waals surface area contributed by atoms with Gasteiger partial charge in [0.25, 0.3) is 0 Å². The van der Waals surface area contributed by atoms with Gasteiger partial charge in [-0.3, -0.25) is 0 Å². The Labute approximate surface area is 81.7 Å². The van der Waals surface area contributed by atoms with Crippen LogP contribution >= 0.6 is 27.5 Å². The zero-order chi connectivity index (χ0) is 8.55. The van der Waals surface area contributed by atoms with Crippen molar-refractivity contribution in [3.05, 3.63) is 22.8 Å². The largest absolute Gasteiger partial charge is 0.469 e. The van der Waals surface area contributed by atoms with E-state index in [0.717, 1.165) is 16.3 Å². The monoisotopic (exact) mass is 244 g/mol. The molecular weight excluding hydrogens is 240 g/mol. The van der Waals surface area contributed by atoms with Gasteiger partial charge in [-0.05, 0) is 40.5 Å². The van der Waals surface area contributed by atoms with Gasteiger partial charge in [-0.15, -0.1) is 0 Å². The van der Waals surface area contributed by atoms with Gasteiger partial charge in [-0.25, -0.2) is 4.98 Å². The van der Waals surface area contributed by atoms with Crippen LogP contribution in [0.4, 0.5) is 0 Å². The molecule has 0 fully saturated rings. The summed E-state index contributed by atoms with van der Waals surface area (Å²) in [5, 5.41) is 0.874. The highest BCUT2D eigenvalue weighted by Crippen LogP contribution is 2.24. The highest BCUT2D eigenvalue weighted by atomic mass is 79.9. The third-order valence-corrected chi connectivity index (χ3v) is 2.73. The van der Waals surface area contributed by atoms with E-state index in [0.29, 0.717) is 4.73 Å². The molecule has 3 nitrogen and oxygen atoms in total. The predicted octanol–water partition coefficient (Wildman–Crippen LogP) is 2.87. The fourth-order valence-electron chi connectivity index (χ4n) is 0.878. The highest BCUT2D eigenvalue weighted by Gasteiger charge is 2.06. The molecule has 0 aliphatic rings. The molecule has 0 N–H and O–H groups in total. The Bertz CT molecular complexity index is 357. The standard InChI is InChI=1S/C7H5BrN2OS/c1-4-2-5(3-11-4)6-9-7(8)10-12-6/h2-3H,1H3. The van der Waals surface area contributed by atoms with Crippen LogP contribution in [0.15, 0.2) is 21.5 Å². The van der Waals surface area contributed by atoms with Gasteiger partial charge in [-0.1, -0.05) is 0 Å². The summed E-state index contributed by atoms with van der Waals surface area (Å²) in [6.07, 6.45) is 1.68. The van der Waals surface area contributed by atoms with Crippen LogP contribution in [0.2, 0.25) is 0 Å². The number of hydrogen-bond acceptors (Lipinski definition) is 4. The number of nitrogens with zero attached hydrogens (tertiary/aromatic N) is 2. The van der Waals surface area contributed by atoms with Crippen LogP contribution in [0.5, 0.6) is 0 Å². The maximum atomic E-state index is 5.15. The summed E-state index contributed by atoms with van der Waals surface area (Å²) >= 11 is 4.54. The molecule has 0 saturated carbocycles. The van der Waals surface area contributed by atoms with Gasteiger partial charge < -0.3 is 4.42 Å². The zero-order valence-electron chi connectivity index (χ0n) is 6.24. The van der Waals surface area contributed by atoms with Gasteiger partial charge in [0.2, 0.25) is 4.73 Å². The summed E-state index contributed by atoms with van der Waals surface area (Å²) in [5.74, 6) is 0.885. The van der Waals surface area contributed by atoms with E-state index in [1.165, 1.54) is 11.5 Å². The molecule has 0 aromatic carbocycles. The van der Waals surface area contributed by atoms with Crippen molar-refractivity contribution in [1.82, 2.24) is 9.36 Å². The lowest BCUT2D eigenvalue weighted by Crippen LogP contribution is -1.69. The molecule has 0 radical (unpaired) electrons. The SMILES string of the molecule is Cc1cc(-c2nc(Br)ns2)co1. The van der Waals surface area contributed by atoms with Crippen molar-refractivity contribution in [2.75, 3.05) is 0 Å². The first-order chi connectivity index (χ1) is 5.75. The molecule has 0 bridgehead atoms. The first kappa shape index (κ1) is 7.94. The summed E-state index contributed by atoms with van der Waals surface area (Å²) in [7, 11) is 0. The van der Waals surface area contributed by atoms with E-state index in [4.69, 9.17) is 4.42 Å². The molecule has 5 heteroatoms. The number of furan rings is 1. The Morgan fingerprint density at radius 2 is 2.42 bits per heavy atom. The second-order valence-corrected chi connectivity index (χ2v) is 3.78. The quantitative estimate of drug-likeness (QED) is 0.775. The van der Waals surface area contributed by atoms with Gasteiger partial charge in [-0.2, -0.15) is 4.37 Å². The van der Waals surface area contributed by atoms with E-state index in [1.807, 2.05) is 13.0 Å². The lowest BCUT2D eigenvalue weighted by Gasteiger charge is -1.81. The highest BCUT2D eigenvalue weighted by molar-refractivity contribution is 9.10. The third-order valence-electron chi connectivity index (χ3n) is 1.38. The van der Waals surface area contributed by atoms with Gasteiger partial charge in [0, 0.05) is 0 Å². The Morgan fingerprint density at radius 1 is 1.58 bits per heavy atom. The van der Waals surface area contributed by atoms with Crippen molar-refractivity contribution in [1.29, 1.82) is 0 Å². The normalized spacial score (nSPS) is 10.5. The molecule has 0 spiro atoms. The summed E-state index contributed by atoms with van der Waals surface area (Å²) in [4.78, 5) is 4.16. The molecule has 0 amide bonds. The van der Waals surface area contributed by atoms with Gasteiger partial charge in [0.05, 0.1) is 5.56 Å². The Balaban J connectivity index is 2.43. The van der Waals surface area contributed by atoms with Crippen LogP contribution in [0.25, 0.3) is 10.6 Å². The van der Waals surface area contributed by atoms with Gasteiger partial charge in [0.15, 0.2) is 0 Å². The molecule has 0 aliphatic carbocycles. The summed E-state index contributed by atoms with van der Waals surface area (Å²) in [6, 6.07) is 1.94. The average Bonchev–Trinajstić information content (AvgIpc) is 2.58. The van der Waals surface area contributed by atoms with Crippen LogP contribution in [0.1, 0.15) is 5.76 Å². The molecule has 0 atom stereocenters. The van der Waals surface area contributed by atoms with Crippen molar-refractivity contribution in [2.45, 2.75) is 6.92 Å². The van der Waals surface area contributed by atoms with Gasteiger partial charge in [0.1, 0.15) is 17.0 Å². The number of aromatic nitrogens is 2. The van der Waals surface area contributed by atoms with Crippen LogP contribution < -0.4 is 0 Å². The third kappa shape index (κ3) is 1.42. The lowest BCUT2D eigenvalue weighted by molar-refractivity contribution is 0.535. The van der Waals surface area contributed by atoms with Crippen LogP contribution in [0, 0.1) is 6.92 Å². The predicted molar refractivity (Wildman–Crippen MR) is 50.0 cm³/mol. The molecular formula is C7H5BrN2OS. The summed E-state index contributed by atoms with van der Waals surface area (Å²) in [5.41, 5.74) is 0.982.